The van der Waals surface area contributed by atoms with E-state index in [1.807, 2.05) is 24.3 Å². The number of hydrogen-bond donors (Lipinski definition) is 2. The largest absolute Gasteiger partial charge is 0.397 e. The highest BCUT2D eigenvalue weighted by Crippen LogP contribution is 2.25. The van der Waals surface area contributed by atoms with Crippen LogP contribution in [0.1, 0.15) is 73.8 Å². The third-order valence-electron chi connectivity index (χ3n) is 6.91. The van der Waals surface area contributed by atoms with Crippen LogP contribution in [0.4, 0.5) is 11.4 Å². The molecule has 1 atom stereocenters. The van der Waals surface area contributed by atoms with E-state index in [4.69, 9.17) is 5.73 Å². The SMILES string of the molecule is C=Cc1ccc(NC(CC)CCCC)c(N)c1.Cc1ccc(Cc2ccccc2C2=CCC=CC=C2)cc1. The minimum absolute atomic E-state index is 0.520. The fourth-order valence-electron chi connectivity index (χ4n) is 4.55. The molecule has 4 rings (SSSR count). The summed E-state index contributed by atoms with van der Waals surface area (Å²) in [6.07, 6.45) is 19.6. The molecule has 0 fully saturated rings. The summed E-state index contributed by atoms with van der Waals surface area (Å²) in [7, 11) is 0. The van der Waals surface area contributed by atoms with Gasteiger partial charge in [-0.2, -0.15) is 0 Å². The Hall–Kier alpha value is -3.78. The molecule has 0 aliphatic heterocycles. The number of anilines is 2. The molecule has 198 valence electrons. The molecule has 3 aromatic rings. The molecule has 0 aromatic heterocycles. The van der Waals surface area contributed by atoms with Crippen molar-refractivity contribution in [2.24, 2.45) is 0 Å². The smallest absolute Gasteiger partial charge is 0.0576 e. The van der Waals surface area contributed by atoms with Gasteiger partial charge in [0.25, 0.3) is 0 Å². The number of benzene rings is 3. The lowest BCUT2D eigenvalue weighted by atomic mass is 9.94. The second kappa shape index (κ2) is 15.5. The number of nitrogens with two attached hydrogens (primary N) is 1. The van der Waals surface area contributed by atoms with E-state index in [-0.39, 0.29) is 0 Å². The third-order valence-corrected chi connectivity index (χ3v) is 6.91. The molecule has 38 heavy (non-hydrogen) atoms. The molecular weight excluding hydrogens is 460 g/mol. The molecule has 3 N–H and O–H groups in total. The second-order valence-corrected chi connectivity index (χ2v) is 9.94. The van der Waals surface area contributed by atoms with Gasteiger partial charge in [-0.3, -0.25) is 0 Å². The van der Waals surface area contributed by atoms with Crippen molar-refractivity contribution in [3.8, 4) is 0 Å². The summed E-state index contributed by atoms with van der Waals surface area (Å²) in [6, 6.07) is 24.1. The van der Waals surface area contributed by atoms with Crippen LogP contribution in [0.5, 0.6) is 0 Å². The van der Waals surface area contributed by atoms with Gasteiger partial charge >= 0.3 is 0 Å². The summed E-state index contributed by atoms with van der Waals surface area (Å²) in [5.41, 5.74) is 15.7. The summed E-state index contributed by atoms with van der Waals surface area (Å²) in [6.45, 7) is 10.3. The van der Waals surface area contributed by atoms with Crippen molar-refractivity contribution >= 4 is 23.0 Å². The summed E-state index contributed by atoms with van der Waals surface area (Å²) in [4.78, 5) is 0. The van der Waals surface area contributed by atoms with Crippen molar-refractivity contribution < 1.29 is 0 Å². The molecule has 0 amide bonds. The zero-order chi connectivity index (χ0) is 27.2. The lowest BCUT2D eigenvalue weighted by Gasteiger charge is -2.19. The fourth-order valence-corrected chi connectivity index (χ4v) is 4.55. The van der Waals surface area contributed by atoms with Crippen molar-refractivity contribution in [1.29, 1.82) is 0 Å². The van der Waals surface area contributed by atoms with Crippen LogP contribution in [-0.4, -0.2) is 6.04 Å². The van der Waals surface area contributed by atoms with Gasteiger partial charge in [-0.1, -0.05) is 130 Å². The van der Waals surface area contributed by atoms with Gasteiger partial charge in [0.15, 0.2) is 0 Å². The van der Waals surface area contributed by atoms with Gasteiger partial charge in [0.05, 0.1) is 11.4 Å². The van der Waals surface area contributed by atoms with Crippen LogP contribution in [0.2, 0.25) is 0 Å². The van der Waals surface area contributed by atoms with Crippen molar-refractivity contribution in [3.05, 3.63) is 132 Å². The van der Waals surface area contributed by atoms with Crippen LogP contribution in [0, 0.1) is 6.92 Å². The number of aryl methyl sites for hydroxylation is 1. The lowest BCUT2D eigenvalue weighted by Crippen LogP contribution is -2.19. The van der Waals surface area contributed by atoms with Gasteiger partial charge in [0, 0.05) is 6.04 Å². The van der Waals surface area contributed by atoms with Crippen molar-refractivity contribution in [2.75, 3.05) is 11.1 Å². The summed E-state index contributed by atoms with van der Waals surface area (Å²) < 4.78 is 0. The number of hydrogen-bond acceptors (Lipinski definition) is 2. The summed E-state index contributed by atoms with van der Waals surface area (Å²) in [5, 5.41) is 3.52. The van der Waals surface area contributed by atoms with Gasteiger partial charge in [-0.15, -0.1) is 0 Å². The van der Waals surface area contributed by atoms with Crippen LogP contribution >= 0.6 is 0 Å². The highest BCUT2D eigenvalue weighted by molar-refractivity contribution is 5.77. The minimum Gasteiger partial charge on any atom is -0.397 e. The topological polar surface area (TPSA) is 38.0 Å². The van der Waals surface area contributed by atoms with Crippen molar-refractivity contribution in [1.82, 2.24) is 0 Å². The first-order chi connectivity index (χ1) is 18.5. The van der Waals surface area contributed by atoms with Gasteiger partial charge in [-0.05, 0) is 72.6 Å². The molecule has 1 unspecified atom stereocenters. The molecule has 3 aromatic carbocycles. The van der Waals surface area contributed by atoms with E-state index >= 15 is 0 Å². The van der Waals surface area contributed by atoms with Gasteiger partial charge < -0.3 is 11.1 Å². The quantitative estimate of drug-likeness (QED) is 0.270. The van der Waals surface area contributed by atoms with E-state index in [1.165, 1.54) is 47.1 Å². The molecule has 2 heteroatoms. The number of rotatable bonds is 10. The highest BCUT2D eigenvalue weighted by Gasteiger charge is 2.08. The first-order valence-corrected chi connectivity index (χ1v) is 14.0. The van der Waals surface area contributed by atoms with E-state index in [0.29, 0.717) is 6.04 Å². The Kier molecular flexibility index (Phi) is 11.7. The van der Waals surface area contributed by atoms with E-state index in [1.54, 1.807) is 0 Å². The Morgan fingerprint density at radius 3 is 2.50 bits per heavy atom. The van der Waals surface area contributed by atoms with Gasteiger partial charge in [0.1, 0.15) is 0 Å². The van der Waals surface area contributed by atoms with Crippen LogP contribution < -0.4 is 11.1 Å². The lowest BCUT2D eigenvalue weighted by molar-refractivity contribution is 0.593. The first kappa shape index (κ1) is 28.8. The normalized spacial score (nSPS) is 13.1. The molecule has 0 saturated heterocycles. The fraction of sp³-hybridized carbons (Fsp3) is 0.278. The summed E-state index contributed by atoms with van der Waals surface area (Å²) >= 11 is 0. The molecule has 0 radical (unpaired) electrons. The Morgan fingerprint density at radius 2 is 1.79 bits per heavy atom. The molecule has 0 bridgehead atoms. The van der Waals surface area contributed by atoms with Gasteiger partial charge in [-0.25, -0.2) is 0 Å². The number of unbranched alkanes of at least 4 members (excludes halogenated alkanes) is 1. The summed E-state index contributed by atoms with van der Waals surface area (Å²) in [5.74, 6) is 0. The maximum atomic E-state index is 6.02. The van der Waals surface area contributed by atoms with Crippen LogP contribution in [0.15, 0.2) is 104 Å². The Balaban J connectivity index is 0.000000216. The maximum absolute atomic E-state index is 6.02. The van der Waals surface area contributed by atoms with Crippen molar-refractivity contribution in [2.45, 2.75) is 65.3 Å². The molecule has 0 saturated carbocycles. The van der Waals surface area contributed by atoms with E-state index in [2.05, 4.69) is 112 Å². The van der Waals surface area contributed by atoms with Crippen molar-refractivity contribution in [3.63, 3.8) is 0 Å². The molecule has 1 aliphatic carbocycles. The zero-order valence-electron chi connectivity index (χ0n) is 23.4. The second-order valence-electron chi connectivity index (χ2n) is 9.94. The van der Waals surface area contributed by atoms with E-state index < -0.39 is 0 Å². The third kappa shape index (κ3) is 8.95. The minimum atomic E-state index is 0.520. The number of nitrogens with one attached hydrogen (secondary N) is 1. The molecule has 0 heterocycles. The average molecular weight is 505 g/mol. The zero-order valence-corrected chi connectivity index (χ0v) is 23.4. The monoisotopic (exact) mass is 504 g/mol. The predicted molar refractivity (Wildman–Crippen MR) is 169 cm³/mol. The van der Waals surface area contributed by atoms with E-state index in [0.717, 1.165) is 36.2 Å². The maximum Gasteiger partial charge on any atom is 0.0576 e. The Morgan fingerprint density at radius 1 is 1.00 bits per heavy atom. The average Bonchev–Trinajstić information content (AvgIpc) is 3.23. The van der Waals surface area contributed by atoms with Crippen LogP contribution in [0.25, 0.3) is 11.6 Å². The number of allylic oxidation sites excluding steroid dienone is 6. The molecular formula is C36H44N2. The van der Waals surface area contributed by atoms with Crippen LogP contribution in [-0.2, 0) is 6.42 Å². The Bertz CT molecular complexity index is 1240. The standard InChI is InChI=1S/C21H20.C15H24N2/c1-17-12-14-18(15-13-17)16-20-10-6-7-11-21(20)19-8-4-2-3-5-9-19;1-4-7-8-13(6-3)17-15-10-9-12(5-2)11-14(15)16/h2-4,6-15H,5,16H2,1H3;5,9-11,13,17H,2,4,6-8,16H2,1,3H3. The van der Waals surface area contributed by atoms with Crippen LogP contribution in [0.3, 0.4) is 0 Å². The Labute approximate surface area is 230 Å². The molecule has 2 nitrogen and oxygen atoms in total. The predicted octanol–water partition coefficient (Wildman–Crippen LogP) is 9.78. The molecule has 0 spiro atoms. The van der Waals surface area contributed by atoms with Gasteiger partial charge in [0.2, 0.25) is 0 Å². The number of nitrogen functional groups attached to an aromatic ring is 1. The first-order valence-electron chi connectivity index (χ1n) is 14.0. The molecule has 1 aliphatic rings. The highest BCUT2D eigenvalue weighted by atomic mass is 14.9. The van der Waals surface area contributed by atoms with E-state index in [9.17, 15) is 0 Å².